The molecule has 8 nitrogen and oxygen atoms in total. The summed E-state index contributed by atoms with van der Waals surface area (Å²) in [4.78, 5) is 22.8. The molecule has 2 aromatic heterocycles. The van der Waals surface area contributed by atoms with Gasteiger partial charge in [-0.05, 0) is 63.3 Å². The highest BCUT2D eigenvalue weighted by Gasteiger charge is 2.39. The third-order valence-electron chi connectivity index (χ3n) is 7.46. The van der Waals surface area contributed by atoms with E-state index in [-0.39, 0.29) is 6.09 Å². The Bertz CT molecular complexity index is 1460. The highest BCUT2D eigenvalue weighted by molar-refractivity contribution is 7.99. The molecule has 0 aliphatic rings. The lowest BCUT2D eigenvalue weighted by Gasteiger charge is -2.28. The van der Waals surface area contributed by atoms with E-state index in [0.717, 1.165) is 54.3 Å². The van der Waals surface area contributed by atoms with Crippen LogP contribution in [0.15, 0.2) is 59.8 Å². The maximum absolute atomic E-state index is 12.1. The molecule has 0 unspecified atom stereocenters. The Balaban J connectivity index is 1.10. The molecule has 0 aliphatic heterocycles. The summed E-state index contributed by atoms with van der Waals surface area (Å²) in [5, 5.41) is 7.55. The lowest BCUT2D eigenvalue weighted by atomic mass is 10.0. The number of alkyl carbamates (subject to hydrolysis) is 1. The van der Waals surface area contributed by atoms with Crippen molar-refractivity contribution in [2.45, 2.75) is 76.7 Å². The number of nitrogens with one attached hydrogen (secondary N) is 1. The summed E-state index contributed by atoms with van der Waals surface area (Å²) in [5.41, 5.74) is 1.94. The first-order chi connectivity index (χ1) is 21.6. The van der Waals surface area contributed by atoms with Gasteiger partial charge in [0.05, 0.1) is 17.6 Å². The average molecular weight is 638 g/mol. The monoisotopic (exact) mass is 637 g/mol. The summed E-state index contributed by atoms with van der Waals surface area (Å²) in [7, 11) is -2.67. The van der Waals surface area contributed by atoms with Gasteiger partial charge in [0.1, 0.15) is 0 Å². The molecule has 0 fully saturated rings. The van der Waals surface area contributed by atoms with Gasteiger partial charge in [0, 0.05) is 65.9 Å². The summed E-state index contributed by atoms with van der Waals surface area (Å²) < 4.78 is 22.9. The maximum Gasteiger partial charge on any atom is 0.500 e. The molecule has 2 aromatic carbocycles. The highest BCUT2D eigenvalue weighted by Crippen LogP contribution is 2.35. The van der Waals surface area contributed by atoms with Crippen molar-refractivity contribution in [2.75, 3.05) is 38.7 Å². The van der Waals surface area contributed by atoms with Gasteiger partial charge in [0.25, 0.3) is 0 Å². The summed E-state index contributed by atoms with van der Waals surface area (Å²) in [6, 6.07) is 15.6. The predicted molar refractivity (Wildman–Crippen MR) is 182 cm³/mol. The third kappa shape index (κ3) is 9.62. The number of rotatable bonds is 20. The Kier molecular flexibility index (Phi) is 14.2. The van der Waals surface area contributed by atoms with Crippen molar-refractivity contribution in [2.24, 2.45) is 0 Å². The van der Waals surface area contributed by atoms with E-state index in [2.05, 4.69) is 41.7 Å². The van der Waals surface area contributed by atoms with Gasteiger partial charge in [-0.15, -0.1) is 11.8 Å². The van der Waals surface area contributed by atoms with Crippen LogP contribution in [0.1, 0.15) is 65.7 Å². The van der Waals surface area contributed by atoms with Crippen molar-refractivity contribution in [3.63, 3.8) is 0 Å². The largest absolute Gasteiger partial charge is 0.500 e. The molecule has 0 spiro atoms. The summed E-state index contributed by atoms with van der Waals surface area (Å²) in [6.07, 6.45) is 10.8. The van der Waals surface area contributed by atoms with Gasteiger partial charge in [0.15, 0.2) is 0 Å². The van der Waals surface area contributed by atoms with Gasteiger partial charge < -0.3 is 23.3 Å². The summed E-state index contributed by atoms with van der Waals surface area (Å²) >= 11 is 1.91. The van der Waals surface area contributed by atoms with Gasteiger partial charge >= 0.3 is 14.9 Å². The van der Waals surface area contributed by atoms with E-state index in [4.69, 9.17) is 28.0 Å². The Hall–Kier alpha value is -2.76. The van der Waals surface area contributed by atoms with E-state index in [0.29, 0.717) is 39.0 Å². The number of hydrogen-bond donors (Lipinski definition) is 1. The number of benzene rings is 2. The van der Waals surface area contributed by atoms with Crippen LogP contribution >= 0.6 is 11.8 Å². The molecule has 0 radical (unpaired) electrons. The van der Waals surface area contributed by atoms with E-state index in [9.17, 15) is 4.79 Å². The van der Waals surface area contributed by atoms with Crippen LogP contribution in [0.3, 0.4) is 0 Å². The fourth-order valence-corrected chi connectivity index (χ4v) is 9.15. The minimum absolute atomic E-state index is 0.362. The molecule has 0 aliphatic carbocycles. The lowest BCUT2D eigenvalue weighted by molar-refractivity contribution is 0.0706. The number of amides is 1. The molecule has 10 heteroatoms. The van der Waals surface area contributed by atoms with Crippen molar-refractivity contribution >= 4 is 59.2 Å². The van der Waals surface area contributed by atoms with Gasteiger partial charge in [-0.2, -0.15) is 0 Å². The Labute approximate surface area is 267 Å². The first-order valence-electron chi connectivity index (χ1n) is 16.1. The summed E-state index contributed by atoms with van der Waals surface area (Å²) in [6.45, 7) is 8.45. The minimum atomic E-state index is -2.67. The van der Waals surface area contributed by atoms with E-state index >= 15 is 0 Å². The number of aromatic nitrogens is 2. The molecule has 0 saturated carbocycles. The zero-order valence-corrected chi connectivity index (χ0v) is 28.3. The second kappa shape index (κ2) is 18.3. The van der Waals surface area contributed by atoms with Gasteiger partial charge in [-0.3, -0.25) is 9.97 Å². The maximum atomic E-state index is 12.1. The molecule has 1 N–H and O–H groups in total. The number of ether oxygens (including phenoxy) is 1. The zero-order chi connectivity index (χ0) is 31.0. The standard InChI is InChI=1S/C34H47N3O5SSi/c1-4-40-44(41-5-2,42-6-3)24-16-21-36-34(38)39-22-13-9-7-8-10-14-23-43-31-25-30-28-18-12-11-17-27(28)26-37-33(30)32-29(31)19-15-20-35-32/h11-12,15,17-20,25-26H,4-10,13-14,16,21-24H2,1-3H3,(H,36,38). The SMILES string of the molecule is CCO[Si](CCCNC(=O)OCCCCCCCCSc1cc2c3ccccc3cnc2c2ncccc12)(OCC)OCC. The van der Waals surface area contributed by atoms with Gasteiger partial charge in [0.2, 0.25) is 0 Å². The van der Waals surface area contributed by atoms with Crippen LogP contribution in [0.5, 0.6) is 0 Å². The average Bonchev–Trinajstić information content (AvgIpc) is 3.04. The topological polar surface area (TPSA) is 91.8 Å². The van der Waals surface area contributed by atoms with E-state index in [1.165, 1.54) is 33.9 Å². The number of carbonyl (C=O) groups is 1. The number of carbonyl (C=O) groups excluding carboxylic acids is 1. The molecule has 4 rings (SSSR count). The molecule has 238 valence electrons. The van der Waals surface area contributed by atoms with Crippen molar-refractivity contribution in [3.05, 3.63) is 54.9 Å². The zero-order valence-electron chi connectivity index (χ0n) is 26.4. The molecule has 44 heavy (non-hydrogen) atoms. The third-order valence-corrected chi connectivity index (χ3v) is 11.8. The Morgan fingerprint density at radius 3 is 2.25 bits per heavy atom. The van der Waals surface area contributed by atoms with Gasteiger partial charge in [-0.1, -0.05) is 56.0 Å². The number of pyridine rings is 2. The van der Waals surface area contributed by atoms with Crippen LogP contribution in [0.2, 0.25) is 6.04 Å². The number of unbranched alkanes of at least 4 members (excludes halogenated alkanes) is 5. The minimum Gasteiger partial charge on any atom is -0.450 e. The molecular formula is C34H47N3O5SSi. The van der Waals surface area contributed by atoms with Crippen molar-refractivity contribution in [1.82, 2.24) is 15.3 Å². The Morgan fingerprint density at radius 1 is 0.795 bits per heavy atom. The molecule has 4 aromatic rings. The molecule has 0 saturated heterocycles. The van der Waals surface area contributed by atoms with Crippen LogP contribution in [0.25, 0.3) is 32.6 Å². The number of fused-ring (bicyclic) bond motifs is 5. The molecule has 0 atom stereocenters. The van der Waals surface area contributed by atoms with E-state index in [1.54, 1.807) is 0 Å². The second-order valence-electron chi connectivity index (χ2n) is 10.6. The predicted octanol–water partition coefficient (Wildman–Crippen LogP) is 8.53. The fourth-order valence-electron chi connectivity index (χ4n) is 5.45. The van der Waals surface area contributed by atoms with Crippen molar-refractivity contribution in [1.29, 1.82) is 0 Å². The molecule has 2 heterocycles. The number of thioether (sulfide) groups is 1. The molecule has 1 amide bonds. The second-order valence-corrected chi connectivity index (χ2v) is 14.5. The smallest absolute Gasteiger partial charge is 0.450 e. The van der Waals surface area contributed by atoms with Crippen LogP contribution in [-0.2, 0) is 18.0 Å². The van der Waals surface area contributed by atoms with Crippen LogP contribution < -0.4 is 5.32 Å². The number of nitrogens with zero attached hydrogens (tertiary/aromatic N) is 2. The molecule has 0 bridgehead atoms. The van der Waals surface area contributed by atoms with Crippen molar-refractivity contribution < 1.29 is 22.8 Å². The first-order valence-corrected chi connectivity index (χ1v) is 19.0. The van der Waals surface area contributed by atoms with Gasteiger partial charge in [-0.25, -0.2) is 4.79 Å². The normalized spacial score (nSPS) is 11.9. The number of hydrogen-bond acceptors (Lipinski definition) is 8. The first kappa shape index (κ1) is 34.1. The summed E-state index contributed by atoms with van der Waals surface area (Å²) in [5.74, 6) is 1.07. The lowest BCUT2D eigenvalue weighted by Crippen LogP contribution is -2.46. The van der Waals surface area contributed by atoms with Crippen molar-refractivity contribution in [3.8, 4) is 0 Å². The quantitative estimate of drug-likeness (QED) is 0.0446. The highest BCUT2D eigenvalue weighted by atomic mass is 32.2. The van der Waals surface area contributed by atoms with Crippen LogP contribution in [0, 0.1) is 0 Å². The molecular weight excluding hydrogens is 591 g/mol. The Morgan fingerprint density at radius 2 is 1.48 bits per heavy atom. The van der Waals surface area contributed by atoms with E-state index < -0.39 is 8.80 Å². The fraction of sp³-hybridized carbons (Fsp3) is 0.500. The van der Waals surface area contributed by atoms with Crippen LogP contribution in [-0.4, -0.2) is 63.6 Å². The van der Waals surface area contributed by atoms with Crippen LogP contribution in [0.4, 0.5) is 4.79 Å². The van der Waals surface area contributed by atoms with E-state index in [1.807, 2.05) is 51.0 Å².